The van der Waals surface area contributed by atoms with E-state index in [0.29, 0.717) is 0 Å². The second-order valence-corrected chi connectivity index (χ2v) is 4.06. The van der Waals surface area contributed by atoms with Gasteiger partial charge in [-0.1, -0.05) is 5.16 Å². The zero-order valence-electron chi connectivity index (χ0n) is 7.99. The first-order chi connectivity index (χ1) is 5.77. The molecule has 3 aliphatic heterocycles. The summed E-state index contributed by atoms with van der Waals surface area (Å²) in [5, 5.41) is 12.2. The van der Waals surface area contributed by atoms with E-state index in [0.717, 1.165) is 5.71 Å². The fourth-order valence-corrected chi connectivity index (χ4v) is 2.48. The molecule has 3 rings (SSSR count). The van der Waals surface area contributed by atoms with E-state index in [9.17, 15) is 0 Å². The minimum Gasteiger partial charge on any atom is -0.411 e. The highest BCUT2D eigenvalue weighted by Gasteiger charge is 2.41. The van der Waals surface area contributed by atoms with Crippen molar-refractivity contribution in [2.75, 3.05) is 19.6 Å². The lowest BCUT2D eigenvalue weighted by Gasteiger charge is -2.47. The molecule has 0 aliphatic carbocycles. The second-order valence-electron chi connectivity index (χ2n) is 4.06. The number of piperidine rings is 3. The summed E-state index contributed by atoms with van der Waals surface area (Å²) in [6, 6.07) is 0. The van der Waals surface area contributed by atoms with E-state index in [-0.39, 0.29) is 17.8 Å². The van der Waals surface area contributed by atoms with Crippen molar-refractivity contribution in [3.05, 3.63) is 0 Å². The van der Waals surface area contributed by atoms with Gasteiger partial charge in [-0.15, -0.1) is 12.4 Å². The predicted octanol–water partition coefficient (Wildman–Crippen LogP) is 1.74. The molecule has 0 radical (unpaired) electrons. The van der Waals surface area contributed by atoms with Crippen molar-refractivity contribution in [2.45, 2.75) is 26.2 Å². The van der Waals surface area contributed by atoms with Gasteiger partial charge in [0, 0.05) is 5.41 Å². The van der Waals surface area contributed by atoms with Crippen LogP contribution < -0.4 is 0 Å². The lowest BCUT2D eigenvalue weighted by molar-refractivity contribution is 0.0719. The summed E-state index contributed by atoms with van der Waals surface area (Å²) < 4.78 is 0. The minimum absolute atomic E-state index is 0. The lowest BCUT2D eigenvalue weighted by atomic mass is 9.69. The lowest BCUT2D eigenvalue weighted by Crippen LogP contribution is -2.51. The van der Waals surface area contributed by atoms with Gasteiger partial charge >= 0.3 is 0 Å². The Balaban J connectivity index is 0.000000845. The topological polar surface area (TPSA) is 35.8 Å². The quantitative estimate of drug-likeness (QED) is 0.401. The molecular weight excluding hydrogens is 188 g/mol. The third kappa shape index (κ3) is 1.67. The standard InChI is InChI=1S/C9H16N2O.ClH/c1-8(10-12)9-2-5-11(6-3-9)7-4-9;/h12H,2-7H2,1H3;1H/b10-8-;. The number of oxime groups is 1. The number of fused-ring (bicyclic) bond motifs is 3. The number of nitrogens with zero attached hydrogens (tertiary/aromatic N) is 2. The van der Waals surface area contributed by atoms with Gasteiger partial charge in [-0.3, -0.25) is 0 Å². The Morgan fingerprint density at radius 3 is 2.08 bits per heavy atom. The van der Waals surface area contributed by atoms with Gasteiger partial charge < -0.3 is 10.1 Å². The van der Waals surface area contributed by atoms with Gasteiger partial charge in [0.2, 0.25) is 0 Å². The Morgan fingerprint density at radius 1 is 1.23 bits per heavy atom. The van der Waals surface area contributed by atoms with E-state index in [2.05, 4.69) is 10.1 Å². The van der Waals surface area contributed by atoms with Gasteiger partial charge in [0.1, 0.15) is 0 Å². The first-order valence-electron chi connectivity index (χ1n) is 4.68. The highest BCUT2D eigenvalue weighted by molar-refractivity contribution is 5.87. The molecule has 1 N–H and O–H groups in total. The van der Waals surface area contributed by atoms with E-state index in [1.165, 1.54) is 38.9 Å². The van der Waals surface area contributed by atoms with Crippen LogP contribution in [-0.2, 0) is 0 Å². The van der Waals surface area contributed by atoms with E-state index in [1.807, 2.05) is 6.92 Å². The summed E-state index contributed by atoms with van der Waals surface area (Å²) in [5.41, 5.74) is 1.20. The largest absolute Gasteiger partial charge is 0.411 e. The van der Waals surface area contributed by atoms with Crippen molar-refractivity contribution in [2.24, 2.45) is 10.6 Å². The second kappa shape index (κ2) is 3.84. The summed E-state index contributed by atoms with van der Waals surface area (Å²) in [4.78, 5) is 2.49. The molecule has 0 atom stereocenters. The predicted molar refractivity (Wildman–Crippen MR) is 54.9 cm³/mol. The van der Waals surface area contributed by atoms with Crippen LogP contribution in [-0.4, -0.2) is 35.5 Å². The summed E-state index contributed by atoms with van der Waals surface area (Å²) in [5.74, 6) is 0. The van der Waals surface area contributed by atoms with Gasteiger partial charge in [0.05, 0.1) is 5.71 Å². The molecule has 2 bridgehead atoms. The number of rotatable bonds is 1. The van der Waals surface area contributed by atoms with Crippen molar-refractivity contribution in [3.63, 3.8) is 0 Å². The molecule has 0 spiro atoms. The molecule has 3 aliphatic rings. The summed E-state index contributed by atoms with van der Waals surface area (Å²) in [6.07, 6.45) is 3.55. The van der Waals surface area contributed by atoms with Crippen molar-refractivity contribution in [1.29, 1.82) is 0 Å². The molecule has 0 aromatic heterocycles. The van der Waals surface area contributed by atoms with Crippen molar-refractivity contribution >= 4 is 18.1 Å². The first kappa shape index (κ1) is 10.8. The average molecular weight is 205 g/mol. The summed E-state index contributed by atoms with van der Waals surface area (Å²) in [6.45, 7) is 5.52. The van der Waals surface area contributed by atoms with Gasteiger partial charge in [0.15, 0.2) is 0 Å². The maximum Gasteiger partial charge on any atom is 0.0603 e. The van der Waals surface area contributed by atoms with Crippen LogP contribution in [0.3, 0.4) is 0 Å². The number of hydrogen-bond acceptors (Lipinski definition) is 3. The molecule has 0 aromatic rings. The van der Waals surface area contributed by atoms with Gasteiger partial charge in [0.25, 0.3) is 0 Å². The van der Waals surface area contributed by atoms with Gasteiger partial charge in [-0.25, -0.2) is 0 Å². The smallest absolute Gasteiger partial charge is 0.0603 e. The van der Waals surface area contributed by atoms with Gasteiger partial charge in [-0.05, 0) is 45.8 Å². The van der Waals surface area contributed by atoms with Crippen LogP contribution in [0.2, 0.25) is 0 Å². The Hall–Kier alpha value is -0.280. The molecule has 3 fully saturated rings. The molecule has 0 aromatic carbocycles. The molecule has 4 heteroatoms. The fraction of sp³-hybridized carbons (Fsp3) is 0.889. The van der Waals surface area contributed by atoms with Gasteiger partial charge in [-0.2, -0.15) is 0 Å². The molecule has 0 saturated carbocycles. The SMILES string of the molecule is C/C(=N/O)C12CCN(CC1)CC2.Cl. The van der Waals surface area contributed by atoms with Crippen LogP contribution in [0.1, 0.15) is 26.2 Å². The van der Waals surface area contributed by atoms with E-state index >= 15 is 0 Å². The van der Waals surface area contributed by atoms with Crippen LogP contribution in [0, 0.1) is 5.41 Å². The van der Waals surface area contributed by atoms with Crippen molar-refractivity contribution in [3.8, 4) is 0 Å². The minimum atomic E-state index is 0. The molecule has 0 unspecified atom stereocenters. The zero-order chi connectivity index (χ0) is 8.60. The van der Waals surface area contributed by atoms with E-state index in [1.54, 1.807) is 0 Å². The highest BCUT2D eigenvalue weighted by Crippen LogP contribution is 2.41. The zero-order valence-corrected chi connectivity index (χ0v) is 8.81. The molecule has 76 valence electrons. The van der Waals surface area contributed by atoms with Crippen molar-refractivity contribution in [1.82, 2.24) is 4.90 Å². The fourth-order valence-electron chi connectivity index (χ4n) is 2.48. The molecule has 3 saturated heterocycles. The maximum atomic E-state index is 8.77. The number of hydrogen-bond donors (Lipinski definition) is 1. The average Bonchev–Trinajstić information content (AvgIpc) is 2.19. The van der Waals surface area contributed by atoms with Crippen LogP contribution in [0.4, 0.5) is 0 Å². The van der Waals surface area contributed by atoms with E-state index in [4.69, 9.17) is 5.21 Å². The highest BCUT2D eigenvalue weighted by atomic mass is 35.5. The van der Waals surface area contributed by atoms with E-state index < -0.39 is 0 Å². The first-order valence-corrected chi connectivity index (χ1v) is 4.68. The molecular formula is C9H17ClN2O. The monoisotopic (exact) mass is 204 g/mol. The van der Waals surface area contributed by atoms with Crippen molar-refractivity contribution < 1.29 is 5.21 Å². The molecule has 3 nitrogen and oxygen atoms in total. The third-order valence-corrected chi connectivity index (χ3v) is 3.64. The summed E-state index contributed by atoms with van der Waals surface area (Å²) in [7, 11) is 0. The Bertz CT molecular complexity index is 196. The van der Waals surface area contributed by atoms with Crippen LogP contribution >= 0.6 is 12.4 Å². The van der Waals surface area contributed by atoms with Crippen LogP contribution in [0.15, 0.2) is 5.16 Å². The number of halogens is 1. The Morgan fingerprint density at radius 2 is 1.69 bits per heavy atom. The normalized spacial score (nSPS) is 38.5. The van der Waals surface area contributed by atoms with Crippen LogP contribution in [0.5, 0.6) is 0 Å². The molecule has 3 heterocycles. The molecule has 0 amide bonds. The summed E-state index contributed by atoms with van der Waals surface area (Å²) >= 11 is 0. The maximum absolute atomic E-state index is 8.77. The third-order valence-electron chi connectivity index (χ3n) is 3.64. The molecule has 13 heavy (non-hydrogen) atoms. The van der Waals surface area contributed by atoms with Crippen LogP contribution in [0.25, 0.3) is 0 Å². The Kier molecular flexibility index (Phi) is 3.19. The Labute approximate surface area is 85.2 Å².